The molecule has 11 nitrogen and oxygen atoms in total. The molecule has 5 rings (SSSR count). The number of amides is 1. The zero-order valence-corrected chi connectivity index (χ0v) is 20.4. The maximum absolute atomic E-state index is 15.6. The Bertz CT molecular complexity index is 1380. The van der Waals surface area contributed by atoms with Gasteiger partial charge in [0.05, 0.1) is 18.9 Å². The van der Waals surface area contributed by atoms with Crippen LogP contribution in [0.5, 0.6) is 11.5 Å². The van der Waals surface area contributed by atoms with Crippen molar-refractivity contribution in [3.05, 3.63) is 36.1 Å². The molecule has 0 aliphatic carbocycles. The van der Waals surface area contributed by atoms with E-state index in [4.69, 9.17) is 19.9 Å². The van der Waals surface area contributed by atoms with Crippen molar-refractivity contribution < 1.29 is 32.2 Å². The highest BCUT2D eigenvalue weighted by Crippen LogP contribution is 2.37. The largest absolute Gasteiger partial charge is 0.474 e. The summed E-state index contributed by atoms with van der Waals surface area (Å²) in [5.41, 5.74) is 5.11. The van der Waals surface area contributed by atoms with Gasteiger partial charge in [-0.3, -0.25) is 4.79 Å². The Labute approximate surface area is 215 Å². The molecule has 4 N–H and O–H groups in total. The summed E-state index contributed by atoms with van der Waals surface area (Å²) in [5, 5.41) is 5.36. The van der Waals surface area contributed by atoms with Gasteiger partial charge in [0, 0.05) is 18.7 Å². The number of carbonyl (C=O) groups is 1. The number of hydrogen-bond donors (Lipinski definition) is 3. The van der Waals surface area contributed by atoms with E-state index in [0.717, 1.165) is 0 Å². The highest BCUT2D eigenvalue weighted by atomic mass is 19.3. The first-order valence-electron chi connectivity index (χ1n) is 11.6. The summed E-state index contributed by atoms with van der Waals surface area (Å²) in [7, 11) is 0. The number of halogens is 3. The van der Waals surface area contributed by atoms with Gasteiger partial charge in [-0.2, -0.15) is 13.8 Å². The van der Waals surface area contributed by atoms with Gasteiger partial charge in [0.15, 0.2) is 28.8 Å². The third-order valence-electron chi connectivity index (χ3n) is 5.92. The molecule has 0 spiro atoms. The molecular formula is C24H24F3N7O4. The number of nitrogens with two attached hydrogens (primary N) is 1. The average Bonchev–Trinajstić information content (AvgIpc) is 2.87. The third-order valence-corrected chi connectivity index (χ3v) is 5.92. The molecule has 0 saturated carbocycles. The van der Waals surface area contributed by atoms with Crippen LogP contribution < -0.4 is 30.7 Å². The first kappa shape index (κ1) is 25.3. The Morgan fingerprint density at radius 2 is 1.92 bits per heavy atom. The molecule has 1 saturated heterocycles. The van der Waals surface area contributed by atoms with Crippen molar-refractivity contribution in [2.45, 2.75) is 26.1 Å². The van der Waals surface area contributed by atoms with E-state index >= 15 is 4.39 Å². The summed E-state index contributed by atoms with van der Waals surface area (Å²) in [5.74, 6) is -1.38. The predicted molar refractivity (Wildman–Crippen MR) is 132 cm³/mol. The minimum Gasteiger partial charge on any atom is -0.474 e. The van der Waals surface area contributed by atoms with Gasteiger partial charge in [0.2, 0.25) is 5.95 Å². The molecule has 38 heavy (non-hydrogen) atoms. The number of benzene rings is 1. The number of nitrogens with zero attached hydrogens (tertiary/aromatic N) is 4. The third kappa shape index (κ3) is 5.07. The van der Waals surface area contributed by atoms with Gasteiger partial charge >= 0.3 is 6.61 Å². The molecule has 1 fully saturated rings. The molecule has 0 atom stereocenters. The Morgan fingerprint density at radius 3 is 2.66 bits per heavy atom. The van der Waals surface area contributed by atoms with Crippen molar-refractivity contribution in [3.63, 3.8) is 0 Å². The van der Waals surface area contributed by atoms with Gasteiger partial charge in [-0.15, -0.1) is 0 Å². The van der Waals surface area contributed by atoms with Gasteiger partial charge in [0.1, 0.15) is 17.3 Å². The van der Waals surface area contributed by atoms with E-state index in [1.54, 1.807) is 26.0 Å². The lowest BCUT2D eigenvalue weighted by atomic mass is 10.1. The molecule has 0 unspecified atom stereocenters. The maximum atomic E-state index is 15.6. The van der Waals surface area contributed by atoms with Crippen LogP contribution in [0.4, 0.5) is 42.3 Å². The molecule has 0 radical (unpaired) electrons. The fourth-order valence-electron chi connectivity index (χ4n) is 4.04. The number of carbonyl (C=O) groups excluding carboxylic acids is 1. The van der Waals surface area contributed by atoms with Gasteiger partial charge in [-0.1, -0.05) is 6.07 Å². The fraction of sp³-hybridized carbons (Fsp3) is 0.333. The zero-order valence-electron chi connectivity index (χ0n) is 20.4. The van der Waals surface area contributed by atoms with Crippen molar-refractivity contribution in [1.29, 1.82) is 0 Å². The Hall–Kier alpha value is -4.33. The first-order chi connectivity index (χ1) is 18.1. The maximum Gasteiger partial charge on any atom is 0.387 e. The number of aromatic nitrogens is 3. The van der Waals surface area contributed by atoms with Crippen molar-refractivity contribution >= 4 is 35.0 Å². The lowest BCUT2D eigenvalue weighted by Crippen LogP contribution is -2.46. The number of pyridine rings is 1. The summed E-state index contributed by atoms with van der Waals surface area (Å²) in [6.07, 6.45) is 0. The van der Waals surface area contributed by atoms with E-state index in [-0.39, 0.29) is 40.4 Å². The predicted octanol–water partition coefficient (Wildman–Crippen LogP) is 3.55. The van der Waals surface area contributed by atoms with Crippen LogP contribution in [0.3, 0.4) is 0 Å². The smallest absolute Gasteiger partial charge is 0.387 e. The molecule has 14 heteroatoms. The monoisotopic (exact) mass is 531 g/mol. The lowest BCUT2D eigenvalue weighted by molar-refractivity contribution is -0.129. The number of rotatable bonds is 6. The molecule has 2 aromatic heterocycles. The van der Waals surface area contributed by atoms with Crippen molar-refractivity contribution in [2.24, 2.45) is 0 Å². The molecule has 2 aliphatic rings. The molecular weight excluding hydrogens is 507 g/mol. The van der Waals surface area contributed by atoms with E-state index in [1.807, 2.05) is 4.90 Å². The van der Waals surface area contributed by atoms with E-state index in [9.17, 15) is 13.6 Å². The number of alkyl halides is 2. The standard InChI is InChI=1S/C24H24F3N7O4/c1-24(2)21(35)32-19-14(38-24)5-6-16(29-19)30-20-17(25)18(31-23(28)33-20)12-3-4-13(15(11-12)37-22(26)27)34-7-9-36-10-8-34/h3-6,11,22H,7-10H2,1-2H3,(H4,28,29,30,31,32,33,35). The Morgan fingerprint density at radius 1 is 1.16 bits per heavy atom. The number of fused-ring (bicyclic) bond motifs is 1. The van der Waals surface area contributed by atoms with Crippen molar-refractivity contribution in [2.75, 3.05) is 47.6 Å². The Balaban J connectivity index is 1.47. The van der Waals surface area contributed by atoms with Crippen molar-refractivity contribution in [1.82, 2.24) is 15.0 Å². The summed E-state index contributed by atoms with van der Waals surface area (Å²) < 4.78 is 57.7. The summed E-state index contributed by atoms with van der Waals surface area (Å²) in [6.45, 7) is 1.98. The number of anilines is 5. The Kier molecular flexibility index (Phi) is 6.57. The van der Waals surface area contributed by atoms with Crippen LogP contribution in [0.25, 0.3) is 11.3 Å². The van der Waals surface area contributed by atoms with Gasteiger partial charge in [-0.25, -0.2) is 14.4 Å². The molecule has 4 heterocycles. The first-order valence-corrected chi connectivity index (χ1v) is 11.6. The average molecular weight is 531 g/mol. The fourth-order valence-corrected chi connectivity index (χ4v) is 4.04. The van der Waals surface area contributed by atoms with Crippen LogP contribution in [0.15, 0.2) is 30.3 Å². The topological polar surface area (TPSA) is 137 Å². The van der Waals surface area contributed by atoms with Gasteiger partial charge < -0.3 is 35.5 Å². The number of ether oxygens (including phenoxy) is 3. The zero-order chi connectivity index (χ0) is 27.0. The second-order valence-corrected chi connectivity index (χ2v) is 8.99. The summed E-state index contributed by atoms with van der Waals surface area (Å²) in [6, 6.07) is 7.43. The molecule has 1 amide bonds. The highest BCUT2D eigenvalue weighted by molar-refractivity contribution is 5.99. The van der Waals surface area contributed by atoms with Crippen LogP contribution >= 0.6 is 0 Å². The quantitative estimate of drug-likeness (QED) is 0.433. The summed E-state index contributed by atoms with van der Waals surface area (Å²) >= 11 is 0. The number of nitrogen functional groups attached to an aromatic ring is 1. The van der Waals surface area contributed by atoms with E-state index in [2.05, 4.69) is 25.6 Å². The number of morpholine rings is 1. The van der Waals surface area contributed by atoms with Crippen LogP contribution in [-0.4, -0.2) is 59.4 Å². The summed E-state index contributed by atoms with van der Waals surface area (Å²) in [4.78, 5) is 26.2. The van der Waals surface area contributed by atoms with Gasteiger partial charge in [0.25, 0.3) is 5.91 Å². The van der Waals surface area contributed by atoms with Crippen LogP contribution in [0.1, 0.15) is 13.8 Å². The molecule has 3 aromatic rings. The van der Waals surface area contributed by atoms with Crippen LogP contribution in [0, 0.1) is 5.82 Å². The van der Waals surface area contributed by atoms with E-state index < -0.39 is 23.9 Å². The second-order valence-electron chi connectivity index (χ2n) is 8.99. The molecule has 2 aliphatic heterocycles. The highest BCUT2D eigenvalue weighted by Gasteiger charge is 2.36. The van der Waals surface area contributed by atoms with E-state index in [1.165, 1.54) is 18.2 Å². The lowest BCUT2D eigenvalue weighted by Gasteiger charge is -2.30. The minimum absolute atomic E-state index is 0.138. The molecule has 200 valence electrons. The molecule has 1 aromatic carbocycles. The van der Waals surface area contributed by atoms with Crippen molar-refractivity contribution in [3.8, 4) is 22.8 Å². The normalized spacial score (nSPS) is 16.5. The second kappa shape index (κ2) is 9.85. The molecule has 0 bridgehead atoms. The van der Waals surface area contributed by atoms with Crippen LogP contribution in [0.2, 0.25) is 0 Å². The van der Waals surface area contributed by atoms with E-state index in [0.29, 0.717) is 37.7 Å². The van der Waals surface area contributed by atoms with Crippen LogP contribution in [-0.2, 0) is 9.53 Å². The van der Waals surface area contributed by atoms with Gasteiger partial charge in [-0.05, 0) is 38.1 Å². The SMILES string of the molecule is CC1(C)Oc2ccc(Nc3nc(N)nc(-c4ccc(N5CCOCC5)c(OC(F)F)c4)c3F)nc2NC1=O. The number of hydrogen-bond acceptors (Lipinski definition) is 10. The number of nitrogens with one attached hydrogen (secondary N) is 2. The minimum atomic E-state index is -3.09.